The van der Waals surface area contributed by atoms with Gasteiger partial charge in [-0.15, -0.1) is 0 Å². The fourth-order valence-electron chi connectivity index (χ4n) is 1.23. The number of halogens is 1. The van der Waals surface area contributed by atoms with E-state index in [2.05, 4.69) is 0 Å². The Morgan fingerprint density at radius 1 is 1.29 bits per heavy atom. The van der Waals surface area contributed by atoms with Gasteiger partial charge in [-0.05, 0) is 18.2 Å². The Morgan fingerprint density at radius 3 is 2.35 bits per heavy atom. The molecule has 7 heteroatoms. The molecular weight excluding hydrogens is 250 g/mol. The lowest BCUT2D eigenvalue weighted by Crippen LogP contribution is -2.34. The number of nitrogens with two attached hydrogens (primary N) is 1. The van der Waals surface area contributed by atoms with Crippen LogP contribution >= 0.6 is 11.6 Å². The van der Waals surface area contributed by atoms with Crippen molar-refractivity contribution in [2.24, 2.45) is 5.73 Å². The number of primary amides is 1. The van der Waals surface area contributed by atoms with Crippen molar-refractivity contribution in [3.05, 3.63) is 34.3 Å². The molecule has 2 unspecified atom stereocenters. The Labute approximate surface area is 101 Å². The van der Waals surface area contributed by atoms with Crippen LogP contribution in [0.1, 0.15) is 22.0 Å². The normalized spacial score (nSPS) is 14.1. The van der Waals surface area contributed by atoms with Crippen molar-refractivity contribution in [1.29, 1.82) is 0 Å². The number of aromatic carboxylic acids is 1. The summed E-state index contributed by atoms with van der Waals surface area (Å²) in [7, 11) is 0. The van der Waals surface area contributed by atoms with Gasteiger partial charge in [-0.3, -0.25) is 4.79 Å². The fraction of sp³-hybridized carbons (Fsp3) is 0.200. The number of aliphatic hydroxyl groups is 2. The van der Waals surface area contributed by atoms with Gasteiger partial charge >= 0.3 is 5.97 Å². The Hall–Kier alpha value is -1.63. The number of benzene rings is 1. The van der Waals surface area contributed by atoms with Gasteiger partial charge in [-0.1, -0.05) is 11.6 Å². The summed E-state index contributed by atoms with van der Waals surface area (Å²) >= 11 is 5.73. The van der Waals surface area contributed by atoms with Crippen LogP contribution in [0.5, 0.6) is 0 Å². The first-order valence-corrected chi connectivity index (χ1v) is 4.90. The van der Waals surface area contributed by atoms with Gasteiger partial charge in [0.25, 0.3) is 0 Å². The molecule has 6 nitrogen and oxygen atoms in total. The van der Waals surface area contributed by atoms with Crippen molar-refractivity contribution in [3.8, 4) is 0 Å². The minimum atomic E-state index is -1.85. The van der Waals surface area contributed by atoms with E-state index in [0.717, 1.165) is 6.07 Å². The minimum Gasteiger partial charge on any atom is -0.478 e. The lowest BCUT2D eigenvalue weighted by molar-refractivity contribution is -0.131. The van der Waals surface area contributed by atoms with Crippen molar-refractivity contribution in [3.63, 3.8) is 0 Å². The molecule has 0 bridgehead atoms. The summed E-state index contributed by atoms with van der Waals surface area (Å²) in [5, 5.41) is 27.7. The third-order valence-corrected chi connectivity index (χ3v) is 2.50. The van der Waals surface area contributed by atoms with Crippen molar-refractivity contribution in [1.82, 2.24) is 0 Å². The maximum Gasteiger partial charge on any atom is 0.335 e. The first-order chi connectivity index (χ1) is 7.84. The zero-order valence-electron chi connectivity index (χ0n) is 8.50. The Morgan fingerprint density at radius 2 is 1.88 bits per heavy atom. The second kappa shape index (κ2) is 5.13. The monoisotopic (exact) mass is 259 g/mol. The topological polar surface area (TPSA) is 121 Å². The van der Waals surface area contributed by atoms with Crippen LogP contribution in [0.25, 0.3) is 0 Å². The molecule has 0 fully saturated rings. The molecule has 0 spiro atoms. The maximum atomic E-state index is 10.7. The van der Waals surface area contributed by atoms with Gasteiger partial charge < -0.3 is 21.1 Å². The standard InChI is InChI=1S/C10H10ClNO5/c11-6-2-1-4(10(16)17)3-5(6)7(13)8(14)9(12)15/h1-3,7-8,13-14H,(H2,12,15)(H,16,17). The van der Waals surface area contributed by atoms with Crippen LogP contribution in [0, 0.1) is 0 Å². The smallest absolute Gasteiger partial charge is 0.335 e. The molecule has 0 aliphatic heterocycles. The molecule has 1 rings (SSSR count). The predicted molar refractivity (Wildman–Crippen MR) is 58.6 cm³/mol. The van der Waals surface area contributed by atoms with E-state index in [0.29, 0.717) is 0 Å². The second-order valence-corrected chi connectivity index (χ2v) is 3.74. The molecule has 0 aliphatic rings. The van der Waals surface area contributed by atoms with Crippen LogP contribution in [0.2, 0.25) is 5.02 Å². The third kappa shape index (κ3) is 2.94. The molecule has 5 N–H and O–H groups in total. The molecule has 1 aromatic rings. The predicted octanol–water partition coefficient (Wildman–Crippen LogP) is -0.0822. The van der Waals surface area contributed by atoms with Crippen LogP contribution < -0.4 is 5.73 Å². The summed E-state index contributed by atoms with van der Waals surface area (Å²) in [5.41, 5.74) is 4.62. The zero-order chi connectivity index (χ0) is 13.2. The van der Waals surface area contributed by atoms with Crippen LogP contribution in [-0.2, 0) is 4.79 Å². The highest BCUT2D eigenvalue weighted by Gasteiger charge is 2.26. The van der Waals surface area contributed by atoms with Gasteiger partial charge in [0.15, 0.2) is 6.10 Å². The quantitative estimate of drug-likeness (QED) is 0.602. The molecule has 0 saturated heterocycles. The SMILES string of the molecule is NC(=O)C(O)C(O)c1cc(C(=O)O)ccc1Cl. The van der Waals surface area contributed by atoms with Gasteiger partial charge in [0.1, 0.15) is 6.10 Å². The Bertz CT molecular complexity index is 462. The largest absolute Gasteiger partial charge is 0.478 e. The molecule has 92 valence electrons. The number of carbonyl (C=O) groups is 2. The van der Waals surface area contributed by atoms with E-state index in [9.17, 15) is 19.8 Å². The number of carboxylic acid groups (broad SMARTS) is 1. The molecule has 1 amide bonds. The molecule has 17 heavy (non-hydrogen) atoms. The summed E-state index contributed by atoms with van der Waals surface area (Å²) in [6, 6.07) is 3.55. The van der Waals surface area contributed by atoms with Crippen molar-refractivity contribution in [2.45, 2.75) is 12.2 Å². The van der Waals surface area contributed by atoms with Gasteiger partial charge in [0.2, 0.25) is 5.91 Å². The molecule has 0 radical (unpaired) electrons. The Balaban J connectivity index is 3.16. The number of hydrogen-bond acceptors (Lipinski definition) is 4. The van der Waals surface area contributed by atoms with E-state index in [1.807, 2.05) is 0 Å². The number of carbonyl (C=O) groups excluding carboxylic acids is 1. The summed E-state index contributed by atoms with van der Waals surface area (Å²) in [5.74, 6) is -2.35. The highest BCUT2D eigenvalue weighted by molar-refractivity contribution is 6.31. The molecule has 0 saturated carbocycles. The number of aliphatic hydroxyl groups excluding tert-OH is 2. The van der Waals surface area contributed by atoms with Gasteiger partial charge in [0.05, 0.1) is 5.56 Å². The van der Waals surface area contributed by atoms with Crippen LogP contribution in [0.4, 0.5) is 0 Å². The highest BCUT2D eigenvalue weighted by atomic mass is 35.5. The molecule has 0 aromatic heterocycles. The first kappa shape index (κ1) is 13.4. The maximum absolute atomic E-state index is 10.7. The Kier molecular flexibility index (Phi) is 4.06. The summed E-state index contributed by atoms with van der Waals surface area (Å²) in [6.45, 7) is 0. The van der Waals surface area contributed by atoms with E-state index in [-0.39, 0.29) is 16.1 Å². The second-order valence-electron chi connectivity index (χ2n) is 3.33. The van der Waals surface area contributed by atoms with E-state index in [1.54, 1.807) is 0 Å². The first-order valence-electron chi connectivity index (χ1n) is 4.52. The summed E-state index contributed by atoms with van der Waals surface area (Å²) in [6.07, 6.45) is -3.52. The van der Waals surface area contributed by atoms with Crippen LogP contribution in [0.15, 0.2) is 18.2 Å². The lowest BCUT2D eigenvalue weighted by Gasteiger charge is -2.16. The molecular formula is C10H10ClNO5. The van der Waals surface area contributed by atoms with Gasteiger partial charge in [0, 0.05) is 10.6 Å². The number of carboxylic acids is 1. The van der Waals surface area contributed by atoms with E-state index in [1.165, 1.54) is 12.1 Å². The third-order valence-electron chi connectivity index (χ3n) is 2.15. The zero-order valence-corrected chi connectivity index (χ0v) is 9.26. The average molecular weight is 260 g/mol. The van der Waals surface area contributed by atoms with Crippen LogP contribution in [0.3, 0.4) is 0 Å². The molecule has 1 aromatic carbocycles. The number of amides is 1. The van der Waals surface area contributed by atoms with Crippen molar-refractivity contribution >= 4 is 23.5 Å². The lowest BCUT2D eigenvalue weighted by atomic mass is 10.0. The molecule has 0 aliphatic carbocycles. The average Bonchev–Trinajstić information content (AvgIpc) is 2.27. The minimum absolute atomic E-state index is 0.0304. The van der Waals surface area contributed by atoms with Gasteiger partial charge in [-0.25, -0.2) is 4.79 Å². The summed E-state index contributed by atoms with van der Waals surface area (Å²) < 4.78 is 0. The molecule has 2 atom stereocenters. The number of hydrogen-bond donors (Lipinski definition) is 4. The van der Waals surface area contributed by atoms with Crippen molar-refractivity contribution in [2.75, 3.05) is 0 Å². The van der Waals surface area contributed by atoms with E-state index >= 15 is 0 Å². The fourth-order valence-corrected chi connectivity index (χ4v) is 1.46. The molecule has 0 heterocycles. The van der Waals surface area contributed by atoms with E-state index < -0.39 is 24.1 Å². The van der Waals surface area contributed by atoms with E-state index in [4.69, 9.17) is 22.4 Å². The number of rotatable bonds is 4. The summed E-state index contributed by atoms with van der Waals surface area (Å²) in [4.78, 5) is 21.4. The van der Waals surface area contributed by atoms with Crippen LogP contribution in [-0.4, -0.2) is 33.3 Å². The van der Waals surface area contributed by atoms with Gasteiger partial charge in [-0.2, -0.15) is 0 Å². The highest BCUT2D eigenvalue weighted by Crippen LogP contribution is 2.26. The van der Waals surface area contributed by atoms with Crippen molar-refractivity contribution < 1.29 is 24.9 Å².